The van der Waals surface area contributed by atoms with E-state index >= 15 is 0 Å². The highest BCUT2D eigenvalue weighted by molar-refractivity contribution is 6.54. The molecule has 0 aliphatic carbocycles. The molecule has 8 rings (SSSR count). The number of benzene rings is 4. The van der Waals surface area contributed by atoms with E-state index in [1.165, 1.54) is 0 Å². The number of para-hydroxylation sites is 4. The fraction of sp³-hybridized carbons (Fsp3) is 0.100. The van der Waals surface area contributed by atoms with Gasteiger partial charge < -0.3 is 18.0 Å². The van der Waals surface area contributed by atoms with Crippen LogP contribution in [0, 0.1) is 27.7 Å². The third-order valence-corrected chi connectivity index (χ3v) is 12.0. The zero-order valence-corrected chi connectivity index (χ0v) is 30.8. The van der Waals surface area contributed by atoms with Crippen molar-refractivity contribution in [3.63, 3.8) is 0 Å². The molecule has 0 aliphatic rings. The third kappa shape index (κ3) is 7.17. The topological polar surface area (TPSA) is 97.7 Å². The number of fused-ring (bicyclic) bond motifs is 4. The fourth-order valence-corrected chi connectivity index (χ4v) is 9.22. The summed E-state index contributed by atoms with van der Waals surface area (Å²) in [5.74, 6) is 2.15. The molecule has 0 bridgehead atoms. The summed E-state index contributed by atoms with van der Waals surface area (Å²) in [4.78, 5) is 19.2. The Labute approximate surface area is 305 Å². The highest BCUT2D eigenvalue weighted by atomic mass is 27.3. The number of hydrogen-bond donors (Lipinski definition) is 0. The molecule has 4 aromatic heterocycles. The van der Waals surface area contributed by atoms with E-state index in [1.807, 2.05) is 149 Å². The van der Waals surface area contributed by atoms with Crippen LogP contribution in [0.2, 0.25) is 0 Å². The van der Waals surface area contributed by atoms with Crippen molar-refractivity contribution in [3.05, 3.63) is 144 Å². The van der Waals surface area contributed by atoms with Crippen molar-refractivity contribution in [1.82, 2.24) is 19.9 Å². The van der Waals surface area contributed by atoms with Crippen LogP contribution < -0.4 is 15.2 Å². The number of nitrogens with zero attached hydrogens (tertiary/aromatic N) is 4. The largest absolute Gasteiger partial charge is 1.07 e. The number of pyridine rings is 4. The predicted octanol–water partition coefficient (Wildman–Crippen LogP) is 8.72. The van der Waals surface area contributed by atoms with E-state index in [0.29, 0.717) is 45.1 Å². The van der Waals surface area contributed by atoms with E-state index in [9.17, 15) is 0 Å². The molecule has 0 amide bonds. The lowest BCUT2D eigenvalue weighted by molar-refractivity contribution is 0.238. The molecule has 8 aromatic rings. The van der Waals surface area contributed by atoms with Gasteiger partial charge in [0.05, 0.1) is 0 Å². The first-order valence-corrected chi connectivity index (χ1v) is 19.5. The summed E-state index contributed by atoms with van der Waals surface area (Å²) in [6.07, 6.45) is 0. The predicted molar refractivity (Wildman–Crippen MR) is 201 cm³/mol. The van der Waals surface area contributed by atoms with Gasteiger partial charge in [0.2, 0.25) is 0 Å². The Morgan fingerprint density at radius 2 is 0.588 bits per heavy atom. The third-order valence-electron chi connectivity index (χ3n) is 8.40. The second-order valence-electron chi connectivity index (χ2n) is 12.3. The first-order valence-electron chi connectivity index (χ1n) is 16.6. The van der Waals surface area contributed by atoms with Crippen LogP contribution in [0.25, 0.3) is 43.6 Å². The van der Waals surface area contributed by atoms with E-state index in [0.717, 1.165) is 44.3 Å². The lowest BCUT2D eigenvalue weighted by Crippen LogP contribution is -2.45. The minimum atomic E-state index is -3.23. The summed E-state index contributed by atoms with van der Waals surface area (Å²) in [5.41, 5.74) is 6.28. The Kier molecular flexibility index (Phi) is 9.14. The minimum Gasteiger partial charge on any atom is -0.588 e. The van der Waals surface area contributed by atoms with Crippen LogP contribution >= 0.6 is 0 Å². The molecule has 11 heteroatoms. The Morgan fingerprint density at radius 1 is 0.333 bits per heavy atom. The van der Waals surface area contributed by atoms with Crippen LogP contribution in [0.1, 0.15) is 22.8 Å². The molecule has 0 unspecified atom stereocenters. The average molecular weight is 703 g/mol. The molecule has 248 valence electrons. The molecule has 51 heavy (non-hydrogen) atoms. The summed E-state index contributed by atoms with van der Waals surface area (Å²) in [5, 5.41) is 3.74. The lowest BCUT2D eigenvalue weighted by atomic mass is 10.2. The summed E-state index contributed by atoms with van der Waals surface area (Å²) in [6, 6.07) is 39.2. The van der Waals surface area contributed by atoms with Gasteiger partial charge in [0.25, 0.3) is 0 Å². The molecule has 4 aromatic carbocycles. The number of aryl methyl sites for hydroxylation is 4. The van der Waals surface area contributed by atoms with Crippen LogP contribution in [0.4, 0.5) is 0 Å². The maximum absolute atomic E-state index is 6.86. The van der Waals surface area contributed by atoms with Gasteiger partial charge in [-0.3, -0.25) is 0 Å². The van der Waals surface area contributed by atoms with Crippen molar-refractivity contribution in [2.24, 2.45) is 0 Å². The van der Waals surface area contributed by atoms with Crippen LogP contribution in [-0.4, -0.2) is 50.2 Å². The maximum Gasteiger partial charge on any atom is 1.07 e. The van der Waals surface area contributed by atoms with Gasteiger partial charge in [-0.15, -0.1) is 0 Å². The second-order valence-corrected chi connectivity index (χ2v) is 15.5. The number of aromatic nitrogens is 4. The van der Waals surface area contributed by atoms with Gasteiger partial charge in [-0.05, 0) is 76.2 Å². The highest BCUT2D eigenvalue weighted by Gasteiger charge is 2.54. The van der Waals surface area contributed by atoms with Crippen molar-refractivity contribution in [2.75, 3.05) is 0 Å². The van der Waals surface area contributed by atoms with Gasteiger partial charge in [0, 0.05) is 44.3 Å². The van der Waals surface area contributed by atoms with Crippen molar-refractivity contribution < 1.29 is 18.0 Å². The van der Waals surface area contributed by atoms with Gasteiger partial charge in [0.1, 0.15) is 45.1 Å². The quantitative estimate of drug-likeness (QED) is 0.130. The lowest BCUT2D eigenvalue weighted by Gasteiger charge is -2.22. The van der Waals surface area contributed by atoms with Crippen LogP contribution in [0.5, 0.6) is 23.0 Å². The SMILES string of the molecule is Cc1ccc2cccc([O][Al]([O]c3cccc4ccc(C)nc34)[O][Al]([O]c3cccc4ccc(C)nc34)[O]c3cccc4ccc(C)nc34)c2n1. The standard InChI is InChI=1S/4C10H9NO.2Al.O/c4*1-7-5-6-8-3-2-4-9(12)10(8)11-7;;;/h4*2-6,12H,1H3;;;/q;;;;2*+2;/p-4. The number of hydrogen-bond acceptors (Lipinski definition) is 9. The molecular formula is C40H32Al2N4O5. The molecule has 0 spiro atoms. The average Bonchev–Trinajstić information content (AvgIpc) is 3.12. The summed E-state index contributed by atoms with van der Waals surface area (Å²) in [6.45, 7) is 7.80. The van der Waals surface area contributed by atoms with Gasteiger partial charge >= 0.3 is 30.3 Å². The van der Waals surface area contributed by atoms with E-state index in [1.54, 1.807) is 0 Å². The monoisotopic (exact) mass is 702 g/mol. The highest BCUT2D eigenvalue weighted by Crippen LogP contribution is 2.31. The smallest absolute Gasteiger partial charge is 0.588 e. The molecular weight excluding hydrogens is 670 g/mol. The fourth-order valence-electron chi connectivity index (χ4n) is 5.91. The molecule has 0 fully saturated rings. The Hall–Kier alpha value is -5.26. The van der Waals surface area contributed by atoms with Crippen molar-refractivity contribution >= 4 is 73.9 Å². The Morgan fingerprint density at radius 3 is 0.843 bits per heavy atom. The zero-order valence-electron chi connectivity index (χ0n) is 28.5. The molecule has 0 atom stereocenters. The second kappa shape index (κ2) is 14.2. The molecule has 0 N–H and O–H groups in total. The summed E-state index contributed by atoms with van der Waals surface area (Å²) >= 11 is -6.45. The van der Waals surface area contributed by atoms with Gasteiger partial charge in [-0.2, -0.15) is 0 Å². The van der Waals surface area contributed by atoms with Gasteiger partial charge in [0.15, 0.2) is 0 Å². The van der Waals surface area contributed by atoms with Crippen molar-refractivity contribution in [1.29, 1.82) is 0 Å². The van der Waals surface area contributed by atoms with Gasteiger partial charge in [-0.1, -0.05) is 72.8 Å². The van der Waals surface area contributed by atoms with Crippen LogP contribution in [0.3, 0.4) is 0 Å². The van der Waals surface area contributed by atoms with E-state index in [4.69, 9.17) is 37.9 Å². The van der Waals surface area contributed by atoms with E-state index in [-0.39, 0.29) is 0 Å². The molecule has 9 nitrogen and oxygen atoms in total. The summed E-state index contributed by atoms with van der Waals surface area (Å²) < 4.78 is 33.8. The van der Waals surface area contributed by atoms with E-state index in [2.05, 4.69) is 0 Å². The van der Waals surface area contributed by atoms with E-state index < -0.39 is 30.3 Å². The van der Waals surface area contributed by atoms with Crippen molar-refractivity contribution in [3.8, 4) is 23.0 Å². The molecule has 0 saturated carbocycles. The van der Waals surface area contributed by atoms with Crippen molar-refractivity contribution in [2.45, 2.75) is 27.7 Å². The first kappa shape index (κ1) is 32.9. The molecule has 0 saturated heterocycles. The first-order chi connectivity index (χ1) is 24.9. The molecule has 0 aliphatic heterocycles. The number of rotatable bonds is 10. The van der Waals surface area contributed by atoms with Crippen LogP contribution in [0.15, 0.2) is 121 Å². The Bertz CT molecular complexity index is 2220. The maximum atomic E-state index is 6.86. The summed E-state index contributed by atoms with van der Waals surface area (Å²) in [7, 11) is 0. The molecule has 0 radical (unpaired) electrons. The molecule has 4 heterocycles. The van der Waals surface area contributed by atoms with Crippen LogP contribution in [-0.2, 0) is 2.84 Å². The normalized spacial score (nSPS) is 11.2. The zero-order chi connectivity index (χ0) is 34.9. The Balaban J connectivity index is 1.24. The minimum absolute atomic E-state index is 0.537. The van der Waals surface area contributed by atoms with Gasteiger partial charge in [-0.25, -0.2) is 19.9 Å².